The summed E-state index contributed by atoms with van der Waals surface area (Å²) >= 11 is 0. The summed E-state index contributed by atoms with van der Waals surface area (Å²) in [5.74, 6) is -0.379. The van der Waals surface area contributed by atoms with E-state index in [1.807, 2.05) is 13.8 Å². The lowest BCUT2D eigenvalue weighted by atomic mass is 10.1. The molecule has 0 bridgehead atoms. The van der Waals surface area contributed by atoms with Crippen LogP contribution < -0.4 is 10.6 Å². The number of anilines is 1. The molecule has 1 aromatic carbocycles. The first-order valence-corrected chi connectivity index (χ1v) is 6.90. The molecular formula is C15H20N2O3. The molecule has 0 spiro atoms. The van der Waals surface area contributed by atoms with E-state index in [0.717, 1.165) is 12.8 Å². The molecule has 0 unspecified atom stereocenters. The molecule has 1 aliphatic rings. The van der Waals surface area contributed by atoms with Gasteiger partial charge in [0, 0.05) is 12.6 Å². The zero-order valence-corrected chi connectivity index (χ0v) is 11.8. The Morgan fingerprint density at radius 2 is 2.05 bits per heavy atom. The minimum absolute atomic E-state index is 0.0458. The van der Waals surface area contributed by atoms with Gasteiger partial charge in [0.15, 0.2) is 0 Å². The second kappa shape index (κ2) is 6.52. The molecule has 0 aliphatic carbocycles. The average Bonchev–Trinajstić information content (AvgIpc) is 2.92. The highest BCUT2D eigenvalue weighted by Crippen LogP contribution is 2.18. The lowest BCUT2D eigenvalue weighted by molar-refractivity contribution is -0.124. The van der Waals surface area contributed by atoms with Gasteiger partial charge in [-0.15, -0.1) is 0 Å². The zero-order valence-electron chi connectivity index (χ0n) is 11.8. The first-order valence-electron chi connectivity index (χ1n) is 6.90. The van der Waals surface area contributed by atoms with Crippen molar-refractivity contribution in [1.82, 2.24) is 5.32 Å². The van der Waals surface area contributed by atoms with E-state index in [-0.39, 0.29) is 17.9 Å². The van der Waals surface area contributed by atoms with Gasteiger partial charge in [0.05, 0.1) is 11.3 Å². The summed E-state index contributed by atoms with van der Waals surface area (Å²) in [5, 5.41) is 5.60. The fraction of sp³-hybridized carbons (Fsp3) is 0.467. The van der Waals surface area contributed by atoms with Crippen molar-refractivity contribution in [2.75, 3.05) is 11.9 Å². The third-order valence-corrected chi connectivity index (χ3v) is 3.07. The maximum atomic E-state index is 12.1. The van der Waals surface area contributed by atoms with Crippen molar-refractivity contribution in [3.05, 3.63) is 29.8 Å². The Bertz CT molecular complexity index is 494. The number of nitrogens with one attached hydrogen (secondary N) is 2. The average molecular weight is 276 g/mol. The number of benzene rings is 1. The molecule has 1 atom stereocenters. The number of hydrogen-bond acceptors (Lipinski definition) is 3. The van der Waals surface area contributed by atoms with Crippen LogP contribution in [0.3, 0.4) is 0 Å². The molecule has 5 nitrogen and oxygen atoms in total. The minimum atomic E-state index is -0.406. The molecule has 2 N–H and O–H groups in total. The highest BCUT2D eigenvalue weighted by atomic mass is 16.5. The van der Waals surface area contributed by atoms with Crippen LogP contribution in [-0.4, -0.2) is 30.6 Å². The van der Waals surface area contributed by atoms with Crippen molar-refractivity contribution in [3.8, 4) is 0 Å². The van der Waals surface area contributed by atoms with Crippen LogP contribution in [-0.2, 0) is 9.53 Å². The molecule has 108 valence electrons. The molecule has 0 aromatic heterocycles. The van der Waals surface area contributed by atoms with Crippen LogP contribution in [0.4, 0.5) is 5.69 Å². The molecule has 1 heterocycles. The smallest absolute Gasteiger partial charge is 0.253 e. The van der Waals surface area contributed by atoms with Gasteiger partial charge in [-0.3, -0.25) is 9.59 Å². The van der Waals surface area contributed by atoms with Gasteiger partial charge in [0.2, 0.25) is 0 Å². The van der Waals surface area contributed by atoms with Crippen LogP contribution in [0.1, 0.15) is 37.0 Å². The zero-order chi connectivity index (χ0) is 14.5. The molecule has 1 aliphatic heterocycles. The second-order valence-corrected chi connectivity index (χ2v) is 5.16. The molecule has 1 saturated heterocycles. The van der Waals surface area contributed by atoms with Gasteiger partial charge in [0.25, 0.3) is 11.8 Å². The number of ether oxygens (including phenoxy) is 1. The lowest BCUT2D eigenvalue weighted by Crippen LogP contribution is -2.32. The van der Waals surface area contributed by atoms with Gasteiger partial charge in [-0.05, 0) is 38.8 Å². The van der Waals surface area contributed by atoms with Gasteiger partial charge >= 0.3 is 0 Å². The van der Waals surface area contributed by atoms with Crippen LogP contribution in [0.5, 0.6) is 0 Å². The number of rotatable bonds is 4. The Hall–Kier alpha value is -1.88. The van der Waals surface area contributed by atoms with E-state index < -0.39 is 6.10 Å². The van der Waals surface area contributed by atoms with E-state index >= 15 is 0 Å². The maximum Gasteiger partial charge on any atom is 0.253 e. The third-order valence-electron chi connectivity index (χ3n) is 3.07. The quantitative estimate of drug-likeness (QED) is 0.883. The largest absolute Gasteiger partial charge is 0.368 e. The molecular weight excluding hydrogens is 256 g/mol. The number of amides is 2. The van der Waals surface area contributed by atoms with Crippen molar-refractivity contribution in [2.24, 2.45) is 0 Å². The predicted octanol–water partition coefficient (Wildman–Crippen LogP) is 1.94. The fourth-order valence-electron chi connectivity index (χ4n) is 2.13. The minimum Gasteiger partial charge on any atom is -0.368 e. The summed E-state index contributed by atoms with van der Waals surface area (Å²) < 4.78 is 5.34. The highest BCUT2D eigenvalue weighted by molar-refractivity contribution is 6.04. The Balaban J connectivity index is 2.11. The van der Waals surface area contributed by atoms with Crippen LogP contribution in [0.25, 0.3) is 0 Å². The van der Waals surface area contributed by atoms with Gasteiger partial charge in [-0.2, -0.15) is 0 Å². The summed E-state index contributed by atoms with van der Waals surface area (Å²) in [6, 6.07) is 7.03. The Morgan fingerprint density at radius 3 is 2.70 bits per heavy atom. The van der Waals surface area contributed by atoms with Gasteiger partial charge in [0.1, 0.15) is 6.10 Å². The summed E-state index contributed by atoms with van der Waals surface area (Å²) in [6.07, 6.45) is 1.22. The molecule has 0 radical (unpaired) electrons. The third kappa shape index (κ3) is 3.57. The monoisotopic (exact) mass is 276 g/mol. The van der Waals surface area contributed by atoms with Gasteiger partial charge < -0.3 is 15.4 Å². The Kier molecular flexibility index (Phi) is 4.74. The van der Waals surface area contributed by atoms with Gasteiger partial charge in [-0.25, -0.2) is 0 Å². The van der Waals surface area contributed by atoms with Gasteiger partial charge in [-0.1, -0.05) is 12.1 Å². The second-order valence-electron chi connectivity index (χ2n) is 5.16. The first-order chi connectivity index (χ1) is 9.58. The molecule has 2 amide bonds. The number of para-hydroxylation sites is 1. The van der Waals surface area contributed by atoms with E-state index in [9.17, 15) is 9.59 Å². The van der Waals surface area contributed by atoms with Crippen LogP contribution in [0, 0.1) is 0 Å². The van der Waals surface area contributed by atoms with Crippen LogP contribution >= 0.6 is 0 Å². The molecule has 5 heteroatoms. The van der Waals surface area contributed by atoms with Crippen molar-refractivity contribution in [1.29, 1.82) is 0 Å². The van der Waals surface area contributed by atoms with E-state index in [1.165, 1.54) is 0 Å². The normalized spacial score (nSPS) is 18.1. The number of carbonyl (C=O) groups is 2. The summed E-state index contributed by atoms with van der Waals surface area (Å²) in [4.78, 5) is 24.1. The molecule has 0 saturated carbocycles. The van der Waals surface area contributed by atoms with E-state index in [4.69, 9.17) is 4.74 Å². The van der Waals surface area contributed by atoms with E-state index in [0.29, 0.717) is 17.9 Å². The Morgan fingerprint density at radius 1 is 1.30 bits per heavy atom. The fourth-order valence-corrected chi connectivity index (χ4v) is 2.13. The number of hydrogen-bond donors (Lipinski definition) is 2. The maximum absolute atomic E-state index is 12.1. The SMILES string of the molecule is CC(C)NC(=O)c1ccccc1NC(=O)[C@H]1CCCO1. The number of carbonyl (C=O) groups excluding carboxylic acids is 2. The topological polar surface area (TPSA) is 67.4 Å². The predicted molar refractivity (Wildman–Crippen MR) is 76.6 cm³/mol. The standard InChI is InChI=1S/C15H20N2O3/c1-10(2)16-14(18)11-6-3-4-7-12(11)17-15(19)13-8-5-9-20-13/h3-4,6-7,10,13H,5,8-9H2,1-2H3,(H,16,18)(H,17,19)/t13-/m1/s1. The molecule has 2 rings (SSSR count). The van der Waals surface area contributed by atoms with E-state index in [2.05, 4.69) is 10.6 Å². The van der Waals surface area contributed by atoms with Crippen molar-refractivity contribution in [2.45, 2.75) is 38.8 Å². The lowest BCUT2D eigenvalue weighted by Gasteiger charge is -2.15. The first kappa shape index (κ1) is 14.5. The summed E-state index contributed by atoms with van der Waals surface area (Å²) in [5.41, 5.74) is 0.985. The molecule has 1 aromatic rings. The van der Waals surface area contributed by atoms with Crippen LogP contribution in [0.15, 0.2) is 24.3 Å². The summed E-state index contributed by atoms with van der Waals surface area (Å²) in [7, 11) is 0. The molecule has 1 fully saturated rings. The van der Waals surface area contributed by atoms with Crippen molar-refractivity contribution < 1.29 is 14.3 Å². The Labute approximate surface area is 118 Å². The summed E-state index contributed by atoms with van der Waals surface area (Å²) in [6.45, 7) is 4.41. The van der Waals surface area contributed by atoms with Crippen molar-refractivity contribution >= 4 is 17.5 Å². The van der Waals surface area contributed by atoms with E-state index in [1.54, 1.807) is 24.3 Å². The van der Waals surface area contributed by atoms with Crippen LogP contribution in [0.2, 0.25) is 0 Å². The molecule has 20 heavy (non-hydrogen) atoms. The highest BCUT2D eigenvalue weighted by Gasteiger charge is 2.24. The van der Waals surface area contributed by atoms with Crippen molar-refractivity contribution in [3.63, 3.8) is 0 Å².